The minimum Gasteiger partial charge on any atom is -0.480 e. The Labute approximate surface area is 78.6 Å². The van der Waals surface area contributed by atoms with E-state index in [1.54, 1.807) is 0 Å². The lowest BCUT2D eigenvalue weighted by Crippen LogP contribution is -2.44. The molecule has 8 heteroatoms. The lowest BCUT2D eigenvalue weighted by Gasteiger charge is -2.20. The predicted octanol–water partition coefficient (Wildman–Crippen LogP) is 0.827. The molecule has 0 atom stereocenters. The molecule has 0 aliphatic rings. The van der Waals surface area contributed by atoms with Gasteiger partial charge in [0.25, 0.3) is 0 Å². The summed E-state index contributed by atoms with van der Waals surface area (Å²) in [4.78, 5) is 10.4. The van der Waals surface area contributed by atoms with E-state index in [1.807, 2.05) is 0 Å². The van der Waals surface area contributed by atoms with Crippen molar-refractivity contribution in [3.05, 3.63) is 0 Å². The fraction of sp³-hybridized carbons (Fsp3) is 0.833. The van der Waals surface area contributed by atoms with Crippen LogP contribution in [0.25, 0.3) is 0 Å². The van der Waals surface area contributed by atoms with Crippen molar-refractivity contribution in [1.82, 2.24) is 0 Å². The Morgan fingerprint density at radius 3 is 1.86 bits per heavy atom. The van der Waals surface area contributed by atoms with Crippen LogP contribution < -0.4 is 0 Å². The molecule has 0 fully saturated rings. The molecule has 0 amide bonds. The molecule has 0 spiro atoms. The molecular formula is C6H9F3O4S. The van der Waals surface area contributed by atoms with Crippen molar-refractivity contribution in [3.8, 4) is 0 Å². The minimum atomic E-state index is -4.93. The Bertz CT molecular complexity index is 327. The number of carbonyl (C=O) groups is 1. The standard InChI is InChI=1S/C6H9F3O4S/c1-5(2,4(10)11)14(12,13)3-6(7,8)9/h3H2,1-2H3,(H,10,11). The van der Waals surface area contributed by atoms with E-state index < -0.39 is 32.5 Å². The van der Waals surface area contributed by atoms with Crippen molar-refractivity contribution in [3.63, 3.8) is 0 Å². The number of halogens is 3. The van der Waals surface area contributed by atoms with Crippen LogP contribution in [-0.4, -0.2) is 36.2 Å². The van der Waals surface area contributed by atoms with Gasteiger partial charge in [0.15, 0.2) is 14.6 Å². The van der Waals surface area contributed by atoms with Gasteiger partial charge in [-0.25, -0.2) is 8.42 Å². The van der Waals surface area contributed by atoms with E-state index in [0.29, 0.717) is 0 Å². The third-order valence-corrected chi connectivity index (χ3v) is 4.08. The molecule has 14 heavy (non-hydrogen) atoms. The maximum absolute atomic E-state index is 11.8. The highest BCUT2D eigenvalue weighted by molar-refractivity contribution is 7.93. The smallest absolute Gasteiger partial charge is 0.402 e. The van der Waals surface area contributed by atoms with Crippen LogP contribution in [0, 0.1) is 0 Å². The van der Waals surface area contributed by atoms with E-state index in [4.69, 9.17) is 5.11 Å². The van der Waals surface area contributed by atoms with Crippen LogP contribution in [0.15, 0.2) is 0 Å². The Hall–Kier alpha value is -0.790. The fourth-order valence-corrected chi connectivity index (χ4v) is 1.59. The Morgan fingerprint density at radius 2 is 1.64 bits per heavy atom. The molecule has 0 heterocycles. The van der Waals surface area contributed by atoms with Crippen LogP contribution in [0.3, 0.4) is 0 Å². The molecule has 0 aromatic heterocycles. The molecular weight excluding hydrogens is 225 g/mol. The van der Waals surface area contributed by atoms with Crippen LogP contribution in [0.2, 0.25) is 0 Å². The van der Waals surface area contributed by atoms with E-state index in [0.717, 1.165) is 13.8 Å². The topological polar surface area (TPSA) is 71.4 Å². The van der Waals surface area contributed by atoms with E-state index in [9.17, 15) is 26.4 Å². The number of hydrogen-bond acceptors (Lipinski definition) is 3. The monoisotopic (exact) mass is 234 g/mol. The molecule has 0 aromatic carbocycles. The van der Waals surface area contributed by atoms with Crippen molar-refractivity contribution in [1.29, 1.82) is 0 Å². The highest BCUT2D eigenvalue weighted by atomic mass is 32.2. The quantitative estimate of drug-likeness (QED) is 0.785. The maximum atomic E-state index is 11.8. The zero-order valence-corrected chi connectivity index (χ0v) is 8.24. The van der Waals surface area contributed by atoms with Gasteiger partial charge in [0.05, 0.1) is 0 Å². The maximum Gasteiger partial charge on any atom is 0.402 e. The molecule has 0 aromatic rings. The summed E-state index contributed by atoms with van der Waals surface area (Å²) in [5.74, 6) is -3.93. The number of carboxylic acids is 1. The number of sulfone groups is 1. The highest BCUT2D eigenvalue weighted by Crippen LogP contribution is 2.25. The second kappa shape index (κ2) is 3.41. The van der Waals surface area contributed by atoms with Gasteiger partial charge in [-0.3, -0.25) is 4.79 Å². The molecule has 0 bridgehead atoms. The zero-order chi connectivity index (χ0) is 11.8. The summed E-state index contributed by atoms with van der Waals surface area (Å²) in [5, 5.41) is 8.43. The first-order valence-electron chi connectivity index (χ1n) is 3.42. The van der Waals surface area contributed by atoms with Crippen molar-refractivity contribution in [2.24, 2.45) is 0 Å². The summed E-state index contributed by atoms with van der Waals surface area (Å²) in [6.07, 6.45) is -4.93. The number of aliphatic carboxylic acids is 1. The number of carboxylic acid groups (broad SMARTS) is 1. The van der Waals surface area contributed by atoms with Gasteiger partial charge in [-0.15, -0.1) is 0 Å². The summed E-state index contributed by atoms with van der Waals surface area (Å²) >= 11 is 0. The van der Waals surface area contributed by atoms with Crippen LogP contribution in [0.5, 0.6) is 0 Å². The average Bonchev–Trinajstić information content (AvgIpc) is 1.80. The first-order chi connectivity index (χ1) is 5.90. The summed E-state index contributed by atoms with van der Waals surface area (Å²) in [6, 6.07) is 0. The first-order valence-corrected chi connectivity index (χ1v) is 5.08. The summed E-state index contributed by atoms with van der Waals surface area (Å²) in [5.41, 5.74) is 0. The Morgan fingerprint density at radius 1 is 1.29 bits per heavy atom. The number of hydrogen-bond donors (Lipinski definition) is 1. The van der Waals surface area contributed by atoms with Crippen LogP contribution >= 0.6 is 0 Å². The van der Waals surface area contributed by atoms with Gasteiger partial charge in [-0.1, -0.05) is 0 Å². The summed E-state index contributed by atoms with van der Waals surface area (Å²) in [6.45, 7) is 1.44. The van der Waals surface area contributed by atoms with Crippen LogP contribution in [0.4, 0.5) is 13.2 Å². The van der Waals surface area contributed by atoms with Crippen LogP contribution in [-0.2, 0) is 14.6 Å². The van der Waals surface area contributed by atoms with Crippen molar-refractivity contribution in [2.45, 2.75) is 24.8 Å². The second-order valence-electron chi connectivity index (χ2n) is 3.19. The molecule has 84 valence electrons. The van der Waals surface area contributed by atoms with Crippen molar-refractivity contribution >= 4 is 15.8 Å². The normalized spacial score (nSPS) is 14.1. The van der Waals surface area contributed by atoms with Crippen molar-refractivity contribution in [2.75, 3.05) is 5.75 Å². The lowest BCUT2D eigenvalue weighted by molar-refractivity contribution is -0.139. The number of alkyl halides is 3. The highest BCUT2D eigenvalue weighted by Gasteiger charge is 2.48. The molecule has 0 rings (SSSR count). The van der Waals surface area contributed by atoms with E-state index in [-0.39, 0.29) is 0 Å². The summed E-state index contributed by atoms with van der Waals surface area (Å²) < 4.78 is 54.9. The Balaban J connectivity index is 5.09. The molecule has 0 unspecified atom stereocenters. The van der Waals surface area contributed by atoms with Gasteiger partial charge in [-0.05, 0) is 13.8 Å². The van der Waals surface area contributed by atoms with Crippen molar-refractivity contribution < 1.29 is 31.5 Å². The molecule has 0 saturated carbocycles. The van der Waals surface area contributed by atoms with Gasteiger partial charge in [-0.2, -0.15) is 13.2 Å². The molecule has 0 aliphatic heterocycles. The largest absolute Gasteiger partial charge is 0.480 e. The van der Waals surface area contributed by atoms with Gasteiger partial charge in [0.1, 0.15) is 5.75 Å². The Kier molecular flexibility index (Phi) is 3.22. The predicted molar refractivity (Wildman–Crippen MR) is 41.6 cm³/mol. The summed E-state index contributed by atoms with van der Waals surface area (Å²) in [7, 11) is -4.74. The second-order valence-corrected chi connectivity index (χ2v) is 5.73. The van der Waals surface area contributed by atoms with Gasteiger partial charge in [0, 0.05) is 0 Å². The molecule has 0 saturated heterocycles. The lowest BCUT2D eigenvalue weighted by atomic mass is 10.2. The fourth-order valence-electron chi connectivity index (χ4n) is 0.529. The van der Waals surface area contributed by atoms with Gasteiger partial charge < -0.3 is 5.11 Å². The van der Waals surface area contributed by atoms with E-state index in [2.05, 4.69) is 0 Å². The third kappa shape index (κ3) is 2.86. The molecule has 0 radical (unpaired) electrons. The molecule has 0 aliphatic carbocycles. The van der Waals surface area contributed by atoms with E-state index in [1.165, 1.54) is 0 Å². The third-order valence-electron chi connectivity index (χ3n) is 1.65. The number of rotatable bonds is 3. The minimum absolute atomic E-state index is 0.719. The SMILES string of the molecule is CC(C)(C(=O)O)S(=O)(=O)CC(F)(F)F. The van der Waals surface area contributed by atoms with E-state index >= 15 is 0 Å². The van der Waals surface area contributed by atoms with Crippen LogP contribution in [0.1, 0.15) is 13.8 Å². The first kappa shape index (κ1) is 13.2. The van der Waals surface area contributed by atoms with Gasteiger partial charge in [0.2, 0.25) is 0 Å². The molecule has 1 N–H and O–H groups in total. The molecule has 4 nitrogen and oxygen atoms in total. The average molecular weight is 234 g/mol. The van der Waals surface area contributed by atoms with Gasteiger partial charge >= 0.3 is 12.1 Å². The zero-order valence-electron chi connectivity index (χ0n) is 7.42.